The molecule has 0 fully saturated rings. The van der Waals surface area contributed by atoms with E-state index in [9.17, 15) is 0 Å². The monoisotopic (exact) mass is 698 g/mol. The summed E-state index contributed by atoms with van der Waals surface area (Å²) in [4.78, 5) is 0. The van der Waals surface area contributed by atoms with Crippen LogP contribution in [0.5, 0.6) is 0 Å². The molecule has 0 heteroatoms. The maximum absolute atomic E-state index is 2.47. The van der Waals surface area contributed by atoms with E-state index >= 15 is 0 Å². The van der Waals surface area contributed by atoms with Crippen LogP contribution >= 0.6 is 0 Å². The van der Waals surface area contributed by atoms with Gasteiger partial charge in [-0.25, -0.2) is 0 Å². The van der Waals surface area contributed by atoms with Crippen LogP contribution in [0.1, 0.15) is 25.0 Å². The van der Waals surface area contributed by atoms with Gasteiger partial charge in [-0.05, 0) is 122 Å². The Morgan fingerprint density at radius 3 is 1.15 bits per heavy atom. The topological polar surface area (TPSA) is 0 Å². The van der Waals surface area contributed by atoms with E-state index in [4.69, 9.17) is 0 Å². The van der Waals surface area contributed by atoms with E-state index in [1.807, 2.05) is 0 Å². The molecule has 0 heterocycles. The van der Waals surface area contributed by atoms with Crippen molar-refractivity contribution in [2.24, 2.45) is 0 Å². The lowest BCUT2D eigenvalue weighted by atomic mass is 9.80. The third-order valence-corrected chi connectivity index (χ3v) is 12.2. The Balaban J connectivity index is 1.21. The largest absolute Gasteiger partial charge is 0.0622 e. The lowest BCUT2D eigenvalue weighted by Crippen LogP contribution is -2.14. The highest BCUT2D eigenvalue weighted by atomic mass is 14.4. The minimum atomic E-state index is -0.0716. The molecule has 0 nitrogen and oxygen atoms in total. The molecule has 0 radical (unpaired) electrons. The van der Waals surface area contributed by atoms with Crippen molar-refractivity contribution in [1.29, 1.82) is 0 Å². The van der Waals surface area contributed by atoms with Gasteiger partial charge in [0.2, 0.25) is 0 Å². The molecule has 10 aromatic carbocycles. The Labute approximate surface area is 322 Å². The highest BCUT2D eigenvalue weighted by Gasteiger charge is 2.35. The Hall–Kier alpha value is -6.76. The Bertz CT molecular complexity index is 3090. The normalized spacial score (nSPS) is 13.1. The van der Waals surface area contributed by atoms with Gasteiger partial charge in [-0.2, -0.15) is 0 Å². The van der Waals surface area contributed by atoms with Gasteiger partial charge in [0, 0.05) is 5.41 Å². The molecule has 0 spiro atoms. The molecule has 55 heavy (non-hydrogen) atoms. The van der Waals surface area contributed by atoms with Crippen molar-refractivity contribution in [3.63, 3.8) is 0 Å². The van der Waals surface area contributed by atoms with Crippen molar-refractivity contribution in [3.8, 4) is 55.6 Å². The van der Waals surface area contributed by atoms with Crippen LogP contribution < -0.4 is 0 Å². The van der Waals surface area contributed by atoms with Gasteiger partial charge in [-0.3, -0.25) is 0 Å². The zero-order valence-corrected chi connectivity index (χ0v) is 31.0. The van der Waals surface area contributed by atoms with E-state index < -0.39 is 0 Å². The molecule has 11 rings (SSSR count). The second-order valence-corrected chi connectivity index (χ2v) is 15.6. The number of benzene rings is 10. The van der Waals surface area contributed by atoms with Gasteiger partial charge in [-0.1, -0.05) is 196 Å². The number of fused-ring (bicyclic) bond motifs is 7. The van der Waals surface area contributed by atoms with Crippen LogP contribution in [0.3, 0.4) is 0 Å². The van der Waals surface area contributed by atoms with Crippen LogP contribution in [0.15, 0.2) is 194 Å². The van der Waals surface area contributed by atoms with Crippen molar-refractivity contribution in [2.75, 3.05) is 0 Å². The fourth-order valence-corrected chi connectivity index (χ4v) is 9.78. The molecule has 0 bridgehead atoms. The molecule has 0 N–H and O–H groups in total. The maximum Gasteiger partial charge on any atom is 0.0159 e. The van der Waals surface area contributed by atoms with E-state index in [0.29, 0.717) is 0 Å². The molecule has 0 atom stereocenters. The first-order valence-electron chi connectivity index (χ1n) is 19.4. The summed E-state index contributed by atoms with van der Waals surface area (Å²) < 4.78 is 0. The Morgan fingerprint density at radius 2 is 0.618 bits per heavy atom. The Morgan fingerprint density at radius 1 is 0.255 bits per heavy atom. The molecule has 0 saturated heterocycles. The van der Waals surface area contributed by atoms with Crippen LogP contribution in [0.4, 0.5) is 0 Å². The summed E-state index contributed by atoms with van der Waals surface area (Å²) >= 11 is 0. The summed E-state index contributed by atoms with van der Waals surface area (Å²) in [5.41, 5.74) is 15.5. The molecule has 258 valence electrons. The minimum absolute atomic E-state index is 0.0716. The van der Waals surface area contributed by atoms with Gasteiger partial charge in [0.05, 0.1) is 0 Å². The van der Waals surface area contributed by atoms with E-state index in [0.717, 1.165) is 0 Å². The van der Waals surface area contributed by atoms with E-state index in [-0.39, 0.29) is 5.41 Å². The van der Waals surface area contributed by atoms with Crippen molar-refractivity contribution < 1.29 is 0 Å². The first-order chi connectivity index (χ1) is 27.1. The quantitative estimate of drug-likeness (QED) is 0.161. The first kappa shape index (κ1) is 31.7. The molecular weight excluding hydrogens is 661 g/mol. The average Bonchev–Trinajstić information content (AvgIpc) is 3.47. The van der Waals surface area contributed by atoms with Crippen LogP contribution in [-0.2, 0) is 5.41 Å². The predicted octanol–water partition coefficient (Wildman–Crippen LogP) is 15.3. The SMILES string of the molecule is CC1(C)c2ccccc2-c2ccc(-c3c4ccccc4c(-c4ccc5c(-c6ccccc6)c6ccccc6c(-c6ccccc6)c5c4)c4ccccc34)cc21. The summed E-state index contributed by atoms with van der Waals surface area (Å²) in [6.45, 7) is 4.74. The molecule has 1 aliphatic rings. The third-order valence-electron chi connectivity index (χ3n) is 12.2. The fourth-order valence-electron chi connectivity index (χ4n) is 9.78. The lowest BCUT2D eigenvalue weighted by Gasteiger charge is -2.23. The standard InChI is InChI=1S/C55H38/c1-55(2)49-28-16-15-21-39(49)40-31-29-38(34-50(40)55)54-45-26-13-11-24-43(45)53(44-25-12-14-27-46(44)54)37-30-32-47-48(33-37)52(36-19-7-4-8-20-36)42-23-10-9-22-41(42)51(47)35-17-5-3-6-18-35/h3-34H,1-2H3. The first-order valence-corrected chi connectivity index (χ1v) is 19.4. The smallest absolute Gasteiger partial charge is 0.0159 e. The fraction of sp³-hybridized carbons (Fsp3) is 0.0545. The summed E-state index contributed by atoms with van der Waals surface area (Å²) in [6, 6.07) is 72.2. The number of hydrogen-bond acceptors (Lipinski definition) is 0. The Kier molecular flexibility index (Phi) is 7.00. The molecule has 10 aromatic rings. The minimum Gasteiger partial charge on any atom is -0.0622 e. The molecule has 0 aromatic heterocycles. The molecule has 0 amide bonds. The van der Waals surface area contributed by atoms with Crippen LogP contribution in [-0.4, -0.2) is 0 Å². The van der Waals surface area contributed by atoms with Gasteiger partial charge in [0.15, 0.2) is 0 Å². The number of hydrogen-bond donors (Lipinski definition) is 0. The van der Waals surface area contributed by atoms with Gasteiger partial charge in [0.25, 0.3) is 0 Å². The zero-order valence-electron chi connectivity index (χ0n) is 31.0. The predicted molar refractivity (Wildman–Crippen MR) is 236 cm³/mol. The van der Waals surface area contributed by atoms with Crippen molar-refractivity contribution >= 4 is 43.1 Å². The average molecular weight is 699 g/mol. The highest BCUT2D eigenvalue weighted by Crippen LogP contribution is 2.52. The van der Waals surface area contributed by atoms with Crippen LogP contribution in [0, 0.1) is 0 Å². The van der Waals surface area contributed by atoms with Crippen molar-refractivity contribution in [2.45, 2.75) is 19.3 Å². The molecule has 1 aliphatic carbocycles. The van der Waals surface area contributed by atoms with Gasteiger partial charge in [-0.15, -0.1) is 0 Å². The van der Waals surface area contributed by atoms with E-state index in [1.54, 1.807) is 0 Å². The lowest BCUT2D eigenvalue weighted by molar-refractivity contribution is 0.660. The van der Waals surface area contributed by atoms with Gasteiger partial charge in [0.1, 0.15) is 0 Å². The summed E-state index contributed by atoms with van der Waals surface area (Å²) in [5, 5.41) is 10.1. The van der Waals surface area contributed by atoms with Crippen molar-refractivity contribution in [1.82, 2.24) is 0 Å². The van der Waals surface area contributed by atoms with E-state index in [2.05, 4.69) is 208 Å². The molecule has 0 aliphatic heterocycles. The number of rotatable bonds is 4. The van der Waals surface area contributed by atoms with Crippen molar-refractivity contribution in [3.05, 3.63) is 205 Å². The summed E-state index contributed by atoms with van der Waals surface area (Å²) in [7, 11) is 0. The summed E-state index contributed by atoms with van der Waals surface area (Å²) in [6.07, 6.45) is 0. The second kappa shape index (κ2) is 12.1. The third kappa shape index (κ3) is 4.71. The maximum atomic E-state index is 2.47. The van der Waals surface area contributed by atoms with E-state index in [1.165, 1.54) is 110 Å². The summed E-state index contributed by atoms with van der Waals surface area (Å²) in [5.74, 6) is 0. The highest BCUT2D eigenvalue weighted by molar-refractivity contribution is 6.25. The molecule has 0 saturated carbocycles. The van der Waals surface area contributed by atoms with Crippen LogP contribution in [0.2, 0.25) is 0 Å². The van der Waals surface area contributed by atoms with Crippen LogP contribution in [0.25, 0.3) is 98.7 Å². The second-order valence-electron chi connectivity index (χ2n) is 15.6. The van der Waals surface area contributed by atoms with Gasteiger partial charge < -0.3 is 0 Å². The zero-order chi connectivity index (χ0) is 36.7. The molecular formula is C55H38. The van der Waals surface area contributed by atoms with Gasteiger partial charge >= 0.3 is 0 Å². The molecule has 0 unspecified atom stereocenters.